The van der Waals surface area contributed by atoms with Gasteiger partial charge < -0.3 is 9.47 Å². The van der Waals surface area contributed by atoms with E-state index in [0.29, 0.717) is 34.1 Å². The highest BCUT2D eigenvalue weighted by Gasteiger charge is 2.23. The minimum absolute atomic E-state index is 0.0882. The monoisotopic (exact) mass is 514 g/mol. The smallest absolute Gasteiger partial charge is 0.424 e. The van der Waals surface area contributed by atoms with Gasteiger partial charge in [-0.2, -0.15) is 0 Å². The quantitative estimate of drug-likeness (QED) is 0.218. The van der Waals surface area contributed by atoms with Crippen LogP contribution in [0.4, 0.5) is 32.3 Å². The van der Waals surface area contributed by atoms with Crippen LogP contribution >= 0.6 is 0 Å². The lowest BCUT2D eigenvalue weighted by molar-refractivity contribution is 0.149. The van der Waals surface area contributed by atoms with Gasteiger partial charge in [0.1, 0.15) is 12.4 Å². The summed E-state index contributed by atoms with van der Waals surface area (Å²) in [6, 6.07) is 44.1. The Hall–Kier alpha value is -5.36. The van der Waals surface area contributed by atoms with Crippen LogP contribution in [0.1, 0.15) is 5.56 Å². The number of benzene rings is 5. The summed E-state index contributed by atoms with van der Waals surface area (Å²) in [5, 5.41) is 0. The molecule has 0 bridgehead atoms. The zero-order chi connectivity index (χ0) is 26.9. The molecule has 0 saturated heterocycles. The highest BCUT2D eigenvalue weighted by molar-refractivity contribution is 5.97. The third kappa shape index (κ3) is 6.14. The van der Waals surface area contributed by atoms with E-state index in [0.717, 1.165) is 0 Å². The fourth-order valence-electron chi connectivity index (χ4n) is 4.09. The van der Waals surface area contributed by atoms with Gasteiger partial charge in [0.2, 0.25) is 0 Å². The first-order valence-electron chi connectivity index (χ1n) is 12.5. The normalized spacial score (nSPS) is 10.4. The largest absolute Gasteiger partial charge is 0.444 e. The Morgan fingerprint density at radius 1 is 0.462 bits per heavy atom. The molecule has 0 N–H and O–H groups in total. The molecule has 5 aromatic carbocycles. The number of carbonyl (C=O) groups is 2. The minimum atomic E-state index is -0.582. The van der Waals surface area contributed by atoms with E-state index in [1.807, 2.05) is 121 Å². The van der Waals surface area contributed by atoms with Crippen LogP contribution in [-0.2, 0) is 11.3 Å². The average Bonchev–Trinajstić information content (AvgIpc) is 2.99. The molecule has 5 rings (SSSR count). The van der Waals surface area contributed by atoms with Gasteiger partial charge in [-0.25, -0.2) is 19.4 Å². The second-order valence-corrected chi connectivity index (χ2v) is 8.54. The minimum Gasteiger partial charge on any atom is -0.444 e. The lowest BCUT2D eigenvalue weighted by Gasteiger charge is -2.24. The Morgan fingerprint density at radius 2 is 0.821 bits per heavy atom. The summed E-state index contributed by atoms with van der Waals surface area (Å²) in [4.78, 5) is 29.8. The summed E-state index contributed by atoms with van der Waals surface area (Å²) in [6.45, 7) is -0.0882. The van der Waals surface area contributed by atoms with Gasteiger partial charge in [0.25, 0.3) is 0 Å². The molecule has 6 heteroatoms. The number of ether oxygens (including phenoxy) is 2. The predicted molar refractivity (Wildman–Crippen MR) is 153 cm³/mol. The van der Waals surface area contributed by atoms with E-state index in [4.69, 9.17) is 9.47 Å². The molecule has 0 fully saturated rings. The first-order chi connectivity index (χ1) is 19.2. The van der Waals surface area contributed by atoms with Crippen LogP contribution < -0.4 is 14.5 Å². The zero-order valence-electron chi connectivity index (χ0n) is 21.1. The van der Waals surface area contributed by atoms with Crippen molar-refractivity contribution in [2.45, 2.75) is 6.61 Å². The number of amides is 2. The Morgan fingerprint density at radius 3 is 1.26 bits per heavy atom. The standard InChI is InChI=1S/C33H26N2O4/c36-32(34(27-16-5-1-6-17-27)28-18-7-2-8-19-28)38-25-26-15-13-14-24-31(26)39-33(37)35(29-20-9-3-10-21-29)30-22-11-4-12-23-30/h1-24H,25H2. The number of hydrogen-bond acceptors (Lipinski definition) is 4. The summed E-state index contributed by atoms with van der Waals surface area (Å²) in [7, 11) is 0. The van der Waals surface area contributed by atoms with Gasteiger partial charge in [-0.05, 0) is 54.6 Å². The molecule has 0 spiro atoms. The van der Waals surface area contributed by atoms with Crippen LogP contribution in [-0.4, -0.2) is 12.2 Å². The molecule has 0 radical (unpaired) electrons. The lowest BCUT2D eigenvalue weighted by atomic mass is 10.2. The summed E-state index contributed by atoms with van der Waals surface area (Å²) in [5.74, 6) is 0.304. The van der Waals surface area contributed by atoms with Crippen LogP contribution in [0.5, 0.6) is 5.75 Å². The highest BCUT2D eigenvalue weighted by Crippen LogP contribution is 2.29. The van der Waals surface area contributed by atoms with Crippen molar-refractivity contribution in [2.24, 2.45) is 0 Å². The molecule has 39 heavy (non-hydrogen) atoms. The van der Waals surface area contributed by atoms with E-state index >= 15 is 0 Å². The second-order valence-electron chi connectivity index (χ2n) is 8.54. The molecule has 5 aromatic rings. The van der Waals surface area contributed by atoms with Crippen molar-refractivity contribution in [1.29, 1.82) is 0 Å². The SMILES string of the molecule is O=C(OCc1ccccc1OC(=O)N(c1ccccc1)c1ccccc1)N(c1ccccc1)c1ccccc1. The summed E-state index contributed by atoms with van der Waals surface area (Å²) in [6.07, 6.45) is -1.13. The molecule has 0 atom stereocenters. The van der Waals surface area contributed by atoms with Crippen LogP contribution in [0.15, 0.2) is 146 Å². The Balaban J connectivity index is 1.36. The molecule has 0 aromatic heterocycles. The maximum atomic E-state index is 13.5. The van der Waals surface area contributed by atoms with E-state index < -0.39 is 12.2 Å². The Kier molecular flexibility index (Phi) is 7.95. The van der Waals surface area contributed by atoms with Crippen molar-refractivity contribution in [1.82, 2.24) is 0 Å². The van der Waals surface area contributed by atoms with Crippen LogP contribution in [0.25, 0.3) is 0 Å². The number of anilines is 4. The third-order valence-electron chi connectivity index (χ3n) is 5.94. The Bertz CT molecular complexity index is 1430. The fraction of sp³-hybridized carbons (Fsp3) is 0.0303. The summed E-state index contributed by atoms with van der Waals surface area (Å²) >= 11 is 0. The molecule has 0 aliphatic rings. The van der Waals surface area contributed by atoms with E-state index in [-0.39, 0.29) is 6.61 Å². The van der Waals surface area contributed by atoms with E-state index in [1.54, 1.807) is 24.3 Å². The van der Waals surface area contributed by atoms with Gasteiger partial charge in [0, 0.05) is 5.56 Å². The fourth-order valence-corrected chi connectivity index (χ4v) is 4.09. The molecule has 0 unspecified atom stereocenters. The van der Waals surface area contributed by atoms with Crippen molar-refractivity contribution in [2.75, 3.05) is 9.80 Å². The van der Waals surface area contributed by atoms with Gasteiger partial charge in [0.15, 0.2) is 0 Å². The molecule has 0 aliphatic heterocycles. The number of para-hydroxylation sites is 5. The molecule has 192 valence electrons. The number of nitrogens with zero attached hydrogens (tertiary/aromatic N) is 2. The molecule has 0 aliphatic carbocycles. The zero-order valence-corrected chi connectivity index (χ0v) is 21.1. The molecule has 0 heterocycles. The topological polar surface area (TPSA) is 59.1 Å². The Labute approximate surface area is 227 Å². The van der Waals surface area contributed by atoms with Crippen molar-refractivity contribution >= 4 is 34.9 Å². The number of rotatable bonds is 7. The third-order valence-corrected chi connectivity index (χ3v) is 5.94. The van der Waals surface area contributed by atoms with Crippen molar-refractivity contribution < 1.29 is 19.1 Å². The second kappa shape index (κ2) is 12.3. The van der Waals surface area contributed by atoms with Crippen molar-refractivity contribution in [3.05, 3.63) is 151 Å². The van der Waals surface area contributed by atoms with Crippen LogP contribution in [0, 0.1) is 0 Å². The summed E-state index contributed by atoms with van der Waals surface area (Å²) in [5.41, 5.74) is 3.24. The maximum absolute atomic E-state index is 13.5. The summed E-state index contributed by atoms with van der Waals surface area (Å²) < 4.78 is 11.6. The number of hydrogen-bond donors (Lipinski definition) is 0. The van der Waals surface area contributed by atoms with Gasteiger partial charge >= 0.3 is 12.2 Å². The molecule has 2 amide bonds. The van der Waals surface area contributed by atoms with Crippen LogP contribution in [0.2, 0.25) is 0 Å². The van der Waals surface area contributed by atoms with Crippen LogP contribution in [0.3, 0.4) is 0 Å². The average molecular weight is 515 g/mol. The van der Waals surface area contributed by atoms with Gasteiger partial charge in [-0.15, -0.1) is 0 Å². The first-order valence-corrected chi connectivity index (χ1v) is 12.5. The van der Waals surface area contributed by atoms with Gasteiger partial charge in [-0.1, -0.05) is 91.0 Å². The highest BCUT2D eigenvalue weighted by atomic mass is 16.6. The first kappa shape index (κ1) is 25.3. The predicted octanol–water partition coefficient (Wildman–Crippen LogP) is 8.50. The lowest BCUT2D eigenvalue weighted by Crippen LogP contribution is -2.29. The van der Waals surface area contributed by atoms with Crippen molar-refractivity contribution in [3.63, 3.8) is 0 Å². The molecule has 0 saturated carbocycles. The van der Waals surface area contributed by atoms with Gasteiger partial charge in [-0.3, -0.25) is 0 Å². The maximum Gasteiger partial charge on any atom is 0.424 e. The molecular weight excluding hydrogens is 488 g/mol. The van der Waals surface area contributed by atoms with E-state index in [2.05, 4.69) is 0 Å². The molecule has 6 nitrogen and oxygen atoms in total. The van der Waals surface area contributed by atoms with Gasteiger partial charge in [0.05, 0.1) is 22.7 Å². The van der Waals surface area contributed by atoms with E-state index in [9.17, 15) is 9.59 Å². The van der Waals surface area contributed by atoms with E-state index in [1.165, 1.54) is 9.80 Å². The van der Waals surface area contributed by atoms with Crippen molar-refractivity contribution in [3.8, 4) is 5.75 Å². The molecular formula is C33H26N2O4. The number of carbonyl (C=O) groups excluding carboxylic acids is 2.